The molecule has 1 aromatic heterocycles. The van der Waals surface area contributed by atoms with Crippen molar-refractivity contribution in [3.63, 3.8) is 0 Å². The van der Waals surface area contributed by atoms with E-state index in [1.807, 2.05) is 6.92 Å². The summed E-state index contributed by atoms with van der Waals surface area (Å²) in [6.45, 7) is 7.16. The molecule has 2 unspecified atom stereocenters. The second-order valence-electron chi connectivity index (χ2n) is 5.07. The normalized spacial score (nSPS) is 23.8. The van der Waals surface area contributed by atoms with E-state index in [0.717, 1.165) is 5.92 Å². The largest absolute Gasteiger partial charge is 0.338 e. The van der Waals surface area contributed by atoms with Crippen molar-refractivity contribution < 1.29 is 4.52 Å². The Balaban J connectivity index is 1.78. The zero-order valence-corrected chi connectivity index (χ0v) is 10.9. The number of piperidine rings is 1. The first-order chi connectivity index (χ1) is 8.15. The highest BCUT2D eigenvalue weighted by molar-refractivity contribution is 4.85. The number of rotatable bonds is 4. The molecule has 0 saturated carbocycles. The molecule has 0 aliphatic carbocycles. The van der Waals surface area contributed by atoms with Gasteiger partial charge in [0.2, 0.25) is 5.89 Å². The lowest BCUT2D eigenvalue weighted by molar-refractivity contribution is 0.176. The molecule has 0 bridgehead atoms. The number of hydrogen-bond donors (Lipinski definition) is 1. The SMILES string of the molecule is Cc1noc(CNC(C)C2CCCN(C)C2)n1. The molecule has 5 nitrogen and oxygen atoms in total. The predicted molar refractivity (Wildman–Crippen MR) is 65.6 cm³/mol. The molecule has 2 heterocycles. The Labute approximate surface area is 103 Å². The van der Waals surface area contributed by atoms with Gasteiger partial charge in [-0.05, 0) is 46.2 Å². The quantitative estimate of drug-likeness (QED) is 0.854. The van der Waals surface area contributed by atoms with Crippen molar-refractivity contribution in [2.24, 2.45) is 5.92 Å². The number of aromatic nitrogens is 2. The standard InChI is InChI=1S/C12H22N4O/c1-9(11-5-4-6-16(3)8-11)13-7-12-14-10(2)15-17-12/h9,11,13H,4-8H2,1-3H3. The predicted octanol–water partition coefficient (Wildman–Crippen LogP) is 1.20. The van der Waals surface area contributed by atoms with E-state index >= 15 is 0 Å². The molecule has 1 N–H and O–H groups in total. The van der Waals surface area contributed by atoms with Crippen LogP contribution in [0.4, 0.5) is 0 Å². The maximum atomic E-state index is 5.09. The fraction of sp³-hybridized carbons (Fsp3) is 0.833. The van der Waals surface area contributed by atoms with Crippen molar-refractivity contribution in [2.45, 2.75) is 39.3 Å². The van der Waals surface area contributed by atoms with E-state index in [1.54, 1.807) is 0 Å². The Bertz CT molecular complexity index is 352. The third kappa shape index (κ3) is 3.51. The zero-order valence-electron chi connectivity index (χ0n) is 10.9. The molecule has 96 valence electrons. The molecule has 2 atom stereocenters. The van der Waals surface area contributed by atoms with E-state index in [4.69, 9.17) is 4.52 Å². The lowest BCUT2D eigenvalue weighted by Crippen LogP contribution is -2.42. The highest BCUT2D eigenvalue weighted by Crippen LogP contribution is 2.18. The molecule has 5 heteroatoms. The van der Waals surface area contributed by atoms with E-state index in [9.17, 15) is 0 Å². The van der Waals surface area contributed by atoms with Gasteiger partial charge in [-0.1, -0.05) is 5.16 Å². The third-order valence-electron chi connectivity index (χ3n) is 3.51. The Hall–Kier alpha value is -0.940. The van der Waals surface area contributed by atoms with Crippen LogP contribution in [0.1, 0.15) is 31.5 Å². The van der Waals surface area contributed by atoms with Crippen LogP contribution < -0.4 is 5.32 Å². The van der Waals surface area contributed by atoms with Gasteiger partial charge in [-0.25, -0.2) is 0 Å². The van der Waals surface area contributed by atoms with E-state index in [-0.39, 0.29) is 0 Å². The van der Waals surface area contributed by atoms with Crippen LogP contribution in [-0.4, -0.2) is 41.2 Å². The van der Waals surface area contributed by atoms with Crippen LogP contribution in [0, 0.1) is 12.8 Å². The van der Waals surface area contributed by atoms with Crippen molar-refractivity contribution in [2.75, 3.05) is 20.1 Å². The molecular formula is C12H22N4O. The molecule has 0 amide bonds. The van der Waals surface area contributed by atoms with Gasteiger partial charge in [-0.2, -0.15) is 4.98 Å². The van der Waals surface area contributed by atoms with E-state index in [1.165, 1.54) is 25.9 Å². The summed E-state index contributed by atoms with van der Waals surface area (Å²) in [6.07, 6.45) is 2.61. The average Bonchev–Trinajstić information content (AvgIpc) is 2.72. The molecule has 1 saturated heterocycles. The topological polar surface area (TPSA) is 54.2 Å². The number of nitrogens with zero attached hydrogens (tertiary/aromatic N) is 3. The minimum Gasteiger partial charge on any atom is -0.338 e. The summed E-state index contributed by atoms with van der Waals surface area (Å²) in [7, 11) is 2.19. The molecule has 1 fully saturated rings. The highest BCUT2D eigenvalue weighted by atomic mass is 16.5. The van der Waals surface area contributed by atoms with Crippen LogP contribution in [0.3, 0.4) is 0 Å². The van der Waals surface area contributed by atoms with Gasteiger partial charge in [0.1, 0.15) is 0 Å². The van der Waals surface area contributed by atoms with Crippen molar-refractivity contribution in [1.29, 1.82) is 0 Å². The molecule has 0 aromatic carbocycles. The number of aryl methyl sites for hydroxylation is 1. The summed E-state index contributed by atoms with van der Waals surface area (Å²) in [6, 6.07) is 0.491. The van der Waals surface area contributed by atoms with Gasteiger partial charge in [-0.3, -0.25) is 0 Å². The Morgan fingerprint density at radius 3 is 3.06 bits per heavy atom. The Kier molecular flexibility index (Phi) is 4.12. The van der Waals surface area contributed by atoms with Gasteiger partial charge in [0, 0.05) is 12.6 Å². The maximum absolute atomic E-state index is 5.09. The molecule has 1 aliphatic heterocycles. The zero-order chi connectivity index (χ0) is 12.3. The van der Waals surface area contributed by atoms with Crippen LogP contribution in [-0.2, 0) is 6.54 Å². The summed E-state index contributed by atoms with van der Waals surface area (Å²) < 4.78 is 5.09. The maximum Gasteiger partial charge on any atom is 0.240 e. The van der Waals surface area contributed by atoms with Crippen LogP contribution in [0.2, 0.25) is 0 Å². The van der Waals surface area contributed by atoms with Gasteiger partial charge in [-0.15, -0.1) is 0 Å². The van der Waals surface area contributed by atoms with Crippen molar-refractivity contribution in [1.82, 2.24) is 20.4 Å². The molecule has 0 radical (unpaired) electrons. The molecular weight excluding hydrogens is 216 g/mol. The first kappa shape index (κ1) is 12.5. The first-order valence-corrected chi connectivity index (χ1v) is 6.36. The summed E-state index contributed by atoms with van der Waals surface area (Å²) >= 11 is 0. The van der Waals surface area contributed by atoms with E-state index < -0.39 is 0 Å². The fourth-order valence-corrected chi connectivity index (χ4v) is 2.44. The molecule has 1 aromatic rings. The minimum absolute atomic E-state index is 0.491. The van der Waals surface area contributed by atoms with Gasteiger partial charge in [0.15, 0.2) is 5.82 Å². The Morgan fingerprint density at radius 1 is 1.59 bits per heavy atom. The lowest BCUT2D eigenvalue weighted by atomic mass is 9.92. The molecule has 2 rings (SSSR count). The van der Waals surface area contributed by atoms with Crippen LogP contribution >= 0.6 is 0 Å². The van der Waals surface area contributed by atoms with Gasteiger partial charge in [0.05, 0.1) is 6.54 Å². The number of nitrogens with one attached hydrogen (secondary N) is 1. The van der Waals surface area contributed by atoms with Gasteiger partial charge in [0.25, 0.3) is 0 Å². The monoisotopic (exact) mass is 238 g/mol. The smallest absolute Gasteiger partial charge is 0.240 e. The van der Waals surface area contributed by atoms with E-state index in [2.05, 4.69) is 34.3 Å². The van der Waals surface area contributed by atoms with Crippen LogP contribution in [0.25, 0.3) is 0 Å². The lowest BCUT2D eigenvalue weighted by Gasteiger charge is -2.33. The van der Waals surface area contributed by atoms with Crippen molar-refractivity contribution in [3.8, 4) is 0 Å². The second-order valence-corrected chi connectivity index (χ2v) is 5.07. The van der Waals surface area contributed by atoms with Crippen molar-refractivity contribution in [3.05, 3.63) is 11.7 Å². The minimum atomic E-state index is 0.491. The second kappa shape index (κ2) is 5.60. The first-order valence-electron chi connectivity index (χ1n) is 6.36. The fourth-order valence-electron chi connectivity index (χ4n) is 2.44. The third-order valence-corrected chi connectivity index (χ3v) is 3.51. The average molecular weight is 238 g/mol. The summed E-state index contributed by atoms with van der Waals surface area (Å²) in [5.41, 5.74) is 0. The number of likely N-dealkylation sites (tertiary alicyclic amines) is 1. The van der Waals surface area contributed by atoms with Gasteiger partial charge < -0.3 is 14.7 Å². The summed E-state index contributed by atoms with van der Waals surface area (Å²) in [5.74, 6) is 2.10. The summed E-state index contributed by atoms with van der Waals surface area (Å²) in [4.78, 5) is 6.60. The van der Waals surface area contributed by atoms with Gasteiger partial charge >= 0.3 is 0 Å². The van der Waals surface area contributed by atoms with Crippen LogP contribution in [0.5, 0.6) is 0 Å². The van der Waals surface area contributed by atoms with E-state index in [0.29, 0.717) is 24.3 Å². The summed E-state index contributed by atoms with van der Waals surface area (Å²) in [5, 5.41) is 7.26. The molecule has 17 heavy (non-hydrogen) atoms. The number of hydrogen-bond acceptors (Lipinski definition) is 5. The molecule has 0 spiro atoms. The van der Waals surface area contributed by atoms with Crippen molar-refractivity contribution >= 4 is 0 Å². The molecule has 1 aliphatic rings. The van der Waals surface area contributed by atoms with Crippen LogP contribution in [0.15, 0.2) is 4.52 Å². The highest BCUT2D eigenvalue weighted by Gasteiger charge is 2.22. The Morgan fingerprint density at radius 2 is 2.41 bits per heavy atom.